The van der Waals surface area contributed by atoms with Gasteiger partial charge in [-0.25, -0.2) is 4.99 Å². The van der Waals surface area contributed by atoms with E-state index in [0.29, 0.717) is 23.3 Å². The number of carbonyl (C=O) groups is 2. The molecule has 0 bridgehead atoms. The van der Waals surface area contributed by atoms with Gasteiger partial charge in [0.05, 0.1) is 11.6 Å². The van der Waals surface area contributed by atoms with Crippen LogP contribution in [0.25, 0.3) is 0 Å². The number of carbonyl (C=O) groups excluding carboxylic acids is 2. The van der Waals surface area contributed by atoms with E-state index >= 15 is 0 Å². The van der Waals surface area contributed by atoms with E-state index in [9.17, 15) is 14.9 Å². The lowest BCUT2D eigenvalue weighted by atomic mass is 9.92. The highest BCUT2D eigenvalue weighted by atomic mass is 16.2. The van der Waals surface area contributed by atoms with Gasteiger partial charge in [0.1, 0.15) is 5.70 Å². The molecule has 7 heteroatoms. The largest absolute Gasteiger partial charge is 0.347 e. The Kier molecular flexibility index (Phi) is 9.24. The zero-order valence-corrected chi connectivity index (χ0v) is 22.8. The summed E-state index contributed by atoms with van der Waals surface area (Å²) in [6.07, 6.45) is 9.73. The van der Waals surface area contributed by atoms with Crippen molar-refractivity contribution in [1.29, 1.82) is 5.26 Å². The van der Waals surface area contributed by atoms with Crippen LogP contribution in [-0.2, 0) is 24.3 Å². The molecule has 4 rings (SSSR count). The highest BCUT2D eigenvalue weighted by Crippen LogP contribution is 2.24. The highest BCUT2D eigenvalue weighted by Gasteiger charge is 2.21. The Morgan fingerprint density at radius 1 is 1.18 bits per heavy atom. The number of aliphatic imine (C=N–C) groups is 1. The highest BCUT2D eigenvalue weighted by molar-refractivity contribution is 6.05. The van der Waals surface area contributed by atoms with Crippen molar-refractivity contribution in [2.75, 3.05) is 18.9 Å². The number of anilines is 1. The first kappa shape index (κ1) is 27.7. The second kappa shape index (κ2) is 13.0. The van der Waals surface area contributed by atoms with Crippen molar-refractivity contribution in [3.05, 3.63) is 100 Å². The summed E-state index contributed by atoms with van der Waals surface area (Å²) in [6.45, 7) is 6.11. The molecule has 2 aliphatic rings. The number of nitrogens with zero attached hydrogens (tertiary/aromatic N) is 3. The summed E-state index contributed by atoms with van der Waals surface area (Å²) in [5.41, 5.74) is 6.29. The van der Waals surface area contributed by atoms with Gasteiger partial charge in [0.25, 0.3) is 11.8 Å². The summed E-state index contributed by atoms with van der Waals surface area (Å²) in [7, 11) is 2.10. The number of fused-ring (bicyclic) bond motifs is 1. The first-order valence-corrected chi connectivity index (χ1v) is 13.4. The maximum atomic E-state index is 13.0. The van der Waals surface area contributed by atoms with Crippen LogP contribution in [0.3, 0.4) is 0 Å². The standard InChI is InChI=1S/C32H35N5O2/c1-4-7-22(19-33)17-30-24(5-2)11-13-29(36-30)32(39)34-20-23-8-6-9-26(16-23)31(38)35-28-12-10-25-14-15-37(3)21-27(25)18-28/h4,6-10,12-13,16-18,24H,5,11,14-15,20-21H2,1-3H3,(H,34,39)(H,35,38). The fourth-order valence-corrected chi connectivity index (χ4v) is 4.85. The molecule has 0 fully saturated rings. The van der Waals surface area contributed by atoms with Crippen LogP contribution < -0.4 is 10.6 Å². The van der Waals surface area contributed by atoms with Crippen LogP contribution in [0.4, 0.5) is 5.69 Å². The van der Waals surface area contributed by atoms with Gasteiger partial charge in [-0.3, -0.25) is 9.59 Å². The van der Waals surface area contributed by atoms with E-state index in [4.69, 9.17) is 0 Å². The molecule has 1 atom stereocenters. The molecule has 2 N–H and O–H groups in total. The zero-order valence-electron chi connectivity index (χ0n) is 22.8. The minimum absolute atomic E-state index is 0.168. The van der Waals surface area contributed by atoms with E-state index in [1.54, 1.807) is 24.3 Å². The smallest absolute Gasteiger partial charge is 0.269 e. The van der Waals surface area contributed by atoms with Crippen LogP contribution in [0, 0.1) is 17.2 Å². The lowest BCUT2D eigenvalue weighted by Crippen LogP contribution is -2.27. The Morgan fingerprint density at radius 3 is 2.79 bits per heavy atom. The van der Waals surface area contributed by atoms with Crippen LogP contribution in [0.5, 0.6) is 0 Å². The molecule has 2 aliphatic heterocycles. The van der Waals surface area contributed by atoms with Crippen molar-refractivity contribution in [3.63, 3.8) is 0 Å². The van der Waals surface area contributed by atoms with E-state index in [0.717, 1.165) is 42.9 Å². The molecule has 2 aromatic rings. The quantitative estimate of drug-likeness (QED) is 0.363. The Morgan fingerprint density at radius 2 is 2.03 bits per heavy atom. The molecule has 39 heavy (non-hydrogen) atoms. The minimum atomic E-state index is -0.283. The summed E-state index contributed by atoms with van der Waals surface area (Å²) in [5, 5.41) is 15.3. The summed E-state index contributed by atoms with van der Waals surface area (Å²) in [6, 6.07) is 15.5. The van der Waals surface area contributed by atoms with Gasteiger partial charge in [0.15, 0.2) is 0 Å². The van der Waals surface area contributed by atoms with Gasteiger partial charge >= 0.3 is 0 Å². The topological polar surface area (TPSA) is 97.6 Å². The van der Waals surface area contributed by atoms with Crippen molar-refractivity contribution in [2.24, 2.45) is 10.9 Å². The maximum absolute atomic E-state index is 13.0. The van der Waals surface area contributed by atoms with Crippen molar-refractivity contribution < 1.29 is 9.59 Å². The lowest BCUT2D eigenvalue weighted by molar-refractivity contribution is -0.117. The predicted octanol–water partition coefficient (Wildman–Crippen LogP) is 5.32. The number of nitrogens with one attached hydrogen (secondary N) is 2. The lowest BCUT2D eigenvalue weighted by Gasteiger charge is -2.25. The molecule has 0 radical (unpaired) electrons. The van der Waals surface area contributed by atoms with Crippen LogP contribution in [-0.4, -0.2) is 36.0 Å². The predicted molar refractivity (Wildman–Crippen MR) is 155 cm³/mol. The fraction of sp³-hybridized carbons (Fsp3) is 0.312. The number of hydrogen-bond acceptors (Lipinski definition) is 5. The van der Waals surface area contributed by atoms with E-state index in [1.165, 1.54) is 11.1 Å². The number of benzene rings is 2. The molecule has 2 heterocycles. The molecule has 1 unspecified atom stereocenters. The van der Waals surface area contributed by atoms with Gasteiger partial charge in [-0.05, 0) is 86.3 Å². The second-order valence-electron chi connectivity index (χ2n) is 9.99. The van der Waals surface area contributed by atoms with Gasteiger partial charge in [-0.1, -0.05) is 37.3 Å². The van der Waals surface area contributed by atoms with Crippen LogP contribution in [0.15, 0.2) is 83.0 Å². The van der Waals surface area contributed by atoms with Crippen LogP contribution in [0.2, 0.25) is 0 Å². The van der Waals surface area contributed by atoms with Gasteiger partial charge in [0.2, 0.25) is 0 Å². The number of amides is 2. The normalized spacial score (nSPS) is 17.6. The van der Waals surface area contributed by atoms with Gasteiger partial charge in [-0.2, -0.15) is 5.26 Å². The van der Waals surface area contributed by atoms with E-state index in [1.807, 2.05) is 37.3 Å². The first-order valence-electron chi connectivity index (χ1n) is 13.4. The molecular formula is C32H35N5O2. The minimum Gasteiger partial charge on any atom is -0.347 e. The molecule has 2 amide bonds. The number of allylic oxidation sites excluding steroid dienone is 5. The number of hydrogen-bond donors (Lipinski definition) is 2. The van der Waals surface area contributed by atoms with Crippen LogP contribution in [0.1, 0.15) is 53.7 Å². The third-order valence-electron chi connectivity index (χ3n) is 7.08. The summed E-state index contributed by atoms with van der Waals surface area (Å²) < 4.78 is 0. The second-order valence-corrected chi connectivity index (χ2v) is 9.99. The van der Waals surface area contributed by atoms with Gasteiger partial charge in [-0.15, -0.1) is 0 Å². The molecule has 0 saturated heterocycles. The van der Waals surface area contributed by atoms with E-state index in [-0.39, 0.29) is 24.3 Å². The number of rotatable bonds is 8. The van der Waals surface area contributed by atoms with Crippen molar-refractivity contribution in [3.8, 4) is 6.07 Å². The monoisotopic (exact) mass is 521 g/mol. The Bertz CT molecular complexity index is 1410. The number of nitriles is 1. The first-order chi connectivity index (χ1) is 18.9. The summed E-state index contributed by atoms with van der Waals surface area (Å²) >= 11 is 0. The van der Waals surface area contributed by atoms with Gasteiger partial charge in [0, 0.05) is 42.5 Å². The van der Waals surface area contributed by atoms with Crippen molar-refractivity contribution in [2.45, 2.75) is 46.2 Å². The third-order valence-corrected chi connectivity index (χ3v) is 7.08. The average Bonchev–Trinajstić information content (AvgIpc) is 2.95. The summed E-state index contributed by atoms with van der Waals surface area (Å²) in [5.74, 6) is -0.307. The van der Waals surface area contributed by atoms with Crippen molar-refractivity contribution >= 4 is 23.2 Å². The maximum Gasteiger partial charge on any atom is 0.269 e. The molecular weight excluding hydrogens is 486 g/mol. The molecule has 0 aromatic heterocycles. The SMILES string of the molecule is CC=CC(C#N)=CC1=NC(C(=O)NCc2cccc(C(=O)Nc3ccc4c(c3)CN(C)CC4)c2)=CCC1CC. The van der Waals surface area contributed by atoms with Gasteiger partial charge < -0.3 is 15.5 Å². The number of likely N-dealkylation sites (N-methyl/N-ethyl adjacent to an activating group) is 1. The Balaban J connectivity index is 1.40. The summed E-state index contributed by atoms with van der Waals surface area (Å²) in [4.78, 5) is 32.7. The Hall–Kier alpha value is -4.28. The molecule has 0 spiro atoms. The van der Waals surface area contributed by atoms with Crippen LogP contribution >= 0.6 is 0 Å². The molecule has 0 saturated carbocycles. The molecule has 0 aliphatic carbocycles. The Labute approximate surface area is 230 Å². The molecule has 2 aromatic carbocycles. The fourth-order valence-electron chi connectivity index (χ4n) is 4.85. The third kappa shape index (κ3) is 7.18. The molecule has 7 nitrogen and oxygen atoms in total. The average molecular weight is 522 g/mol. The van der Waals surface area contributed by atoms with E-state index in [2.05, 4.69) is 52.7 Å². The van der Waals surface area contributed by atoms with E-state index < -0.39 is 0 Å². The zero-order chi connectivity index (χ0) is 27.8. The van der Waals surface area contributed by atoms with Crippen molar-refractivity contribution in [1.82, 2.24) is 10.2 Å². The molecule has 200 valence electrons.